The van der Waals surface area contributed by atoms with Gasteiger partial charge in [-0.1, -0.05) is 42.5 Å². The topological polar surface area (TPSA) is 61.5 Å². The Morgan fingerprint density at radius 3 is 2.44 bits per heavy atom. The number of ether oxygens (including phenoxy) is 2. The summed E-state index contributed by atoms with van der Waals surface area (Å²) < 4.78 is 9.96. The molecule has 0 heterocycles. The number of hydrogen-bond donors (Lipinski definition) is 1. The molecule has 0 amide bonds. The van der Waals surface area contributed by atoms with E-state index in [0.717, 1.165) is 33.2 Å². The van der Waals surface area contributed by atoms with Gasteiger partial charge >= 0.3 is 5.97 Å². The van der Waals surface area contributed by atoms with E-state index in [1.165, 1.54) is 7.11 Å². The number of benzene rings is 3. The highest BCUT2D eigenvalue weighted by atomic mass is 16.5. The molecule has 0 fully saturated rings. The summed E-state index contributed by atoms with van der Waals surface area (Å²) in [6.07, 6.45) is 0.450. The number of carbonyl (C=O) groups excluding carboxylic acids is 1. The summed E-state index contributed by atoms with van der Waals surface area (Å²) in [5.41, 5.74) is 9.08. The minimum absolute atomic E-state index is 0.398. The molecule has 128 valence electrons. The van der Waals surface area contributed by atoms with Crippen LogP contribution in [0.4, 0.5) is 0 Å². The van der Waals surface area contributed by atoms with Crippen molar-refractivity contribution in [2.24, 2.45) is 5.73 Å². The van der Waals surface area contributed by atoms with Gasteiger partial charge in [-0.15, -0.1) is 0 Å². The van der Waals surface area contributed by atoms with Crippen molar-refractivity contribution in [1.29, 1.82) is 0 Å². The number of methoxy groups -OCH3 is 2. The first kappa shape index (κ1) is 17.0. The van der Waals surface area contributed by atoms with E-state index in [4.69, 9.17) is 15.2 Å². The van der Waals surface area contributed by atoms with Gasteiger partial charge in [-0.3, -0.25) is 4.79 Å². The zero-order chi connectivity index (χ0) is 17.8. The third-order valence-corrected chi connectivity index (χ3v) is 4.27. The molecule has 2 N–H and O–H groups in total. The molecule has 3 aromatic carbocycles. The predicted octanol–water partition coefficient (Wildman–Crippen LogP) is 3.56. The molecule has 3 aromatic rings. The molecule has 0 aromatic heterocycles. The van der Waals surface area contributed by atoms with Crippen molar-refractivity contribution in [3.63, 3.8) is 0 Å². The second-order valence-electron chi connectivity index (χ2n) is 5.96. The van der Waals surface area contributed by atoms with Crippen molar-refractivity contribution in [3.8, 4) is 16.9 Å². The van der Waals surface area contributed by atoms with Crippen LogP contribution in [0.5, 0.6) is 5.75 Å². The lowest BCUT2D eigenvalue weighted by molar-refractivity contribution is -0.142. The van der Waals surface area contributed by atoms with Crippen LogP contribution < -0.4 is 10.5 Å². The van der Waals surface area contributed by atoms with Gasteiger partial charge in [0, 0.05) is 0 Å². The summed E-state index contributed by atoms with van der Waals surface area (Å²) in [4.78, 5) is 11.5. The normalized spacial score (nSPS) is 12.0. The molecule has 0 saturated carbocycles. The molecule has 0 aliphatic heterocycles. The van der Waals surface area contributed by atoms with E-state index in [0.29, 0.717) is 6.42 Å². The number of nitrogens with two attached hydrogens (primary N) is 1. The van der Waals surface area contributed by atoms with Gasteiger partial charge in [-0.05, 0) is 52.1 Å². The number of rotatable bonds is 5. The summed E-state index contributed by atoms with van der Waals surface area (Å²) in [6, 6.07) is 19.8. The van der Waals surface area contributed by atoms with Gasteiger partial charge in [0.2, 0.25) is 0 Å². The Labute approximate surface area is 147 Å². The molecule has 0 radical (unpaired) electrons. The Morgan fingerprint density at radius 1 is 0.960 bits per heavy atom. The van der Waals surface area contributed by atoms with Crippen LogP contribution in [-0.2, 0) is 16.0 Å². The molecule has 0 saturated heterocycles. The lowest BCUT2D eigenvalue weighted by Gasteiger charge is -2.11. The van der Waals surface area contributed by atoms with Gasteiger partial charge in [0.15, 0.2) is 0 Å². The van der Waals surface area contributed by atoms with E-state index in [1.54, 1.807) is 7.11 Å². The van der Waals surface area contributed by atoms with Crippen molar-refractivity contribution < 1.29 is 14.3 Å². The number of esters is 1. The molecule has 1 atom stereocenters. The quantitative estimate of drug-likeness (QED) is 0.724. The van der Waals surface area contributed by atoms with E-state index in [1.807, 2.05) is 24.3 Å². The average molecular weight is 335 g/mol. The molecule has 0 bridgehead atoms. The molecule has 4 nitrogen and oxygen atoms in total. The first-order valence-electron chi connectivity index (χ1n) is 8.11. The van der Waals surface area contributed by atoms with Crippen LogP contribution in [-0.4, -0.2) is 26.2 Å². The Bertz CT molecular complexity index is 905. The van der Waals surface area contributed by atoms with Gasteiger partial charge in [-0.25, -0.2) is 0 Å². The average Bonchev–Trinajstić information content (AvgIpc) is 2.66. The zero-order valence-electron chi connectivity index (χ0n) is 14.4. The lowest BCUT2D eigenvalue weighted by Crippen LogP contribution is -2.33. The SMILES string of the molecule is COC(=O)C(N)Cc1cccc(-c2ccc3cc(OC)ccc3c2)c1. The van der Waals surface area contributed by atoms with E-state index in [2.05, 4.69) is 36.4 Å². The summed E-state index contributed by atoms with van der Waals surface area (Å²) in [5, 5.41) is 2.28. The minimum Gasteiger partial charge on any atom is -0.497 e. The van der Waals surface area contributed by atoms with E-state index in [-0.39, 0.29) is 0 Å². The van der Waals surface area contributed by atoms with Crippen molar-refractivity contribution in [2.45, 2.75) is 12.5 Å². The molecular weight excluding hydrogens is 314 g/mol. The molecular formula is C21H21NO3. The Hall–Kier alpha value is -2.85. The highest BCUT2D eigenvalue weighted by Crippen LogP contribution is 2.27. The molecule has 25 heavy (non-hydrogen) atoms. The minimum atomic E-state index is -0.649. The fourth-order valence-electron chi connectivity index (χ4n) is 2.90. The van der Waals surface area contributed by atoms with Crippen LogP contribution in [0.2, 0.25) is 0 Å². The number of carbonyl (C=O) groups is 1. The molecule has 0 spiro atoms. The van der Waals surface area contributed by atoms with Gasteiger partial charge in [0.1, 0.15) is 11.8 Å². The summed E-state index contributed by atoms with van der Waals surface area (Å²) in [6.45, 7) is 0. The van der Waals surface area contributed by atoms with Crippen LogP contribution >= 0.6 is 0 Å². The predicted molar refractivity (Wildman–Crippen MR) is 99.6 cm³/mol. The van der Waals surface area contributed by atoms with Gasteiger partial charge in [0.25, 0.3) is 0 Å². The maximum Gasteiger partial charge on any atom is 0.322 e. The summed E-state index contributed by atoms with van der Waals surface area (Å²) >= 11 is 0. The Kier molecular flexibility index (Phi) is 5.00. The number of fused-ring (bicyclic) bond motifs is 1. The molecule has 0 aliphatic rings. The van der Waals surface area contributed by atoms with Crippen molar-refractivity contribution >= 4 is 16.7 Å². The van der Waals surface area contributed by atoms with Gasteiger partial charge in [-0.2, -0.15) is 0 Å². The third kappa shape index (κ3) is 3.80. The second-order valence-corrected chi connectivity index (χ2v) is 5.96. The first-order chi connectivity index (χ1) is 12.1. The van der Waals surface area contributed by atoms with Crippen molar-refractivity contribution in [3.05, 3.63) is 66.2 Å². The summed E-state index contributed by atoms with van der Waals surface area (Å²) in [5.74, 6) is 0.448. The fourth-order valence-corrected chi connectivity index (χ4v) is 2.90. The zero-order valence-corrected chi connectivity index (χ0v) is 14.4. The van der Waals surface area contributed by atoms with Crippen LogP contribution in [0.25, 0.3) is 21.9 Å². The van der Waals surface area contributed by atoms with E-state index < -0.39 is 12.0 Å². The largest absolute Gasteiger partial charge is 0.497 e. The smallest absolute Gasteiger partial charge is 0.322 e. The molecule has 4 heteroatoms. The third-order valence-electron chi connectivity index (χ3n) is 4.27. The fraction of sp³-hybridized carbons (Fsp3) is 0.190. The van der Waals surface area contributed by atoms with Crippen LogP contribution in [0.15, 0.2) is 60.7 Å². The standard InChI is InChI=1S/C21H21NO3/c1-24-19-9-8-17-12-16(6-7-18(17)13-19)15-5-3-4-14(10-15)11-20(22)21(23)25-2/h3-10,12-13,20H,11,22H2,1-2H3. The monoisotopic (exact) mass is 335 g/mol. The summed E-state index contributed by atoms with van der Waals surface area (Å²) in [7, 11) is 3.02. The van der Waals surface area contributed by atoms with Crippen LogP contribution in [0.1, 0.15) is 5.56 Å². The molecule has 1 unspecified atom stereocenters. The highest BCUT2D eigenvalue weighted by molar-refractivity contribution is 5.88. The maximum absolute atomic E-state index is 11.5. The van der Waals surface area contributed by atoms with Gasteiger partial charge in [0.05, 0.1) is 14.2 Å². The lowest BCUT2D eigenvalue weighted by atomic mass is 9.97. The first-order valence-corrected chi connectivity index (χ1v) is 8.11. The van der Waals surface area contributed by atoms with Crippen LogP contribution in [0, 0.1) is 0 Å². The highest BCUT2D eigenvalue weighted by Gasteiger charge is 2.14. The van der Waals surface area contributed by atoms with Crippen LogP contribution in [0.3, 0.4) is 0 Å². The maximum atomic E-state index is 11.5. The molecule has 3 rings (SSSR count). The van der Waals surface area contributed by atoms with E-state index >= 15 is 0 Å². The van der Waals surface area contributed by atoms with Crippen molar-refractivity contribution in [1.82, 2.24) is 0 Å². The van der Waals surface area contributed by atoms with E-state index in [9.17, 15) is 4.79 Å². The second kappa shape index (κ2) is 7.36. The Morgan fingerprint density at radius 2 is 1.68 bits per heavy atom. The number of hydrogen-bond acceptors (Lipinski definition) is 4. The van der Waals surface area contributed by atoms with Crippen molar-refractivity contribution in [2.75, 3.05) is 14.2 Å². The Balaban J connectivity index is 1.90. The molecule has 0 aliphatic carbocycles. The van der Waals surface area contributed by atoms with Gasteiger partial charge < -0.3 is 15.2 Å².